The maximum Gasteiger partial charge on any atom is 0.123 e. The van der Waals surface area contributed by atoms with Crippen LogP contribution in [0.3, 0.4) is 0 Å². The van der Waals surface area contributed by atoms with Gasteiger partial charge in [0, 0.05) is 22.8 Å². The van der Waals surface area contributed by atoms with Gasteiger partial charge in [-0.15, -0.1) is 0 Å². The Labute approximate surface area is 93.7 Å². The lowest BCUT2D eigenvalue weighted by Crippen LogP contribution is -1.87. The first-order valence-corrected chi connectivity index (χ1v) is 4.69. The molecule has 0 N–H and O–H groups in total. The number of benzene rings is 1. The van der Waals surface area contributed by atoms with Crippen LogP contribution in [0, 0.1) is 5.82 Å². The van der Waals surface area contributed by atoms with E-state index in [2.05, 4.69) is 21.0 Å². The van der Waals surface area contributed by atoms with Gasteiger partial charge in [0.15, 0.2) is 0 Å². The molecule has 0 aliphatic rings. The normalized spacial score (nSPS) is 14.6. The first kappa shape index (κ1) is 6.35. The quantitative estimate of drug-likeness (QED) is 0.768. The van der Waals surface area contributed by atoms with Crippen molar-refractivity contribution >= 4 is 15.9 Å². The zero-order chi connectivity index (χ0) is 12.6. The SMILES string of the molecule is [2H]C([2H])([2H])n1cc(Br)c(-c2ccc(F)cc2)n1. The summed E-state index contributed by atoms with van der Waals surface area (Å²) in [4.78, 5) is 0. The van der Waals surface area contributed by atoms with Gasteiger partial charge >= 0.3 is 0 Å². The maximum atomic E-state index is 12.8. The molecule has 72 valence electrons. The Hall–Kier alpha value is -1.16. The van der Waals surface area contributed by atoms with Gasteiger partial charge in [0.05, 0.1) is 4.47 Å². The topological polar surface area (TPSA) is 17.8 Å². The molecule has 0 atom stereocenters. The summed E-state index contributed by atoms with van der Waals surface area (Å²) in [6.07, 6.45) is 1.38. The van der Waals surface area contributed by atoms with Crippen molar-refractivity contribution < 1.29 is 8.50 Å². The van der Waals surface area contributed by atoms with E-state index in [0.29, 0.717) is 15.7 Å². The zero-order valence-corrected chi connectivity index (χ0v) is 8.62. The molecule has 2 rings (SSSR count). The average molecular weight is 258 g/mol. The van der Waals surface area contributed by atoms with Gasteiger partial charge in [-0.2, -0.15) is 5.10 Å². The highest BCUT2D eigenvalue weighted by atomic mass is 79.9. The molecular formula is C10H8BrFN2. The van der Waals surface area contributed by atoms with E-state index in [9.17, 15) is 4.39 Å². The summed E-state index contributed by atoms with van der Waals surface area (Å²) in [6, 6.07) is 5.70. The van der Waals surface area contributed by atoms with Crippen LogP contribution in [0.1, 0.15) is 4.11 Å². The third kappa shape index (κ3) is 1.70. The lowest BCUT2D eigenvalue weighted by Gasteiger charge is -1.96. The van der Waals surface area contributed by atoms with Crippen LogP contribution in [0.15, 0.2) is 34.9 Å². The molecule has 4 heteroatoms. The summed E-state index contributed by atoms with van der Waals surface area (Å²) in [5.74, 6) is -0.347. The monoisotopic (exact) mass is 257 g/mol. The van der Waals surface area contributed by atoms with Crippen LogP contribution in [0.4, 0.5) is 4.39 Å². The van der Waals surface area contributed by atoms with Crippen molar-refractivity contribution in [1.82, 2.24) is 9.78 Å². The van der Waals surface area contributed by atoms with Gasteiger partial charge in [-0.05, 0) is 40.2 Å². The predicted molar refractivity (Wildman–Crippen MR) is 56.3 cm³/mol. The van der Waals surface area contributed by atoms with Crippen molar-refractivity contribution in [1.29, 1.82) is 0 Å². The summed E-state index contributed by atoms with van der Waals surface area (Å²) < 4.78 is 35.9. The molecule has 0 radical (unpaired) electrons. The van der Waals surface area contributed by atoms with E-state index in [1.54, 1.807) is 12.1 Å². The van der Waals surface area contributed by atoms with Gasteiger partial charge in [-0.1, -0.05) is 0 Å². The first-order valence-electron chi connectivity index (χ1n) is 5.39. The number of hydrogen-bond acceptors (Lipinski definition) is 1. The van der Waals surface area contributed by atoms with E-state index in [1.165, 1.54) is 18.3 Å². The van der Waals surface area contributed by atoms with Crippen LogP contribution in [0.25, 0.3) is 11.3 Å². The van der Waals surface area contributed by atoms with Crippen molar-refractivity contribution in [3.05, 3.63) is 40.8 Å². The summed E-state index contributed by atoms with van der Waals surface area (Å²) in [6.45, 7) is -2.32. The van der Waals surface area contributed by atoms with E-state index < -0.39 is 6.98 Å². The van der Waals surface area contributed by atoms with E-state index in [0.717, 1.165) is 4.68 Å². The van der Waals surface area contributed by atoms with Gasteiger partial charge < -0.3 is 0 Å². The summed E-state index contributed by atoms with van der Waals surface area (Å²) in [5, 5.41) is 3.97. The van der Waals surface area contributed by atoms with Crippen LogP contribution in [-0.4, -0.2) is 9.78 Å². The second-order valence-electron chi connectivity index (χ2n) is 2.78. The largest absolute Gasteiger partial charge is 0.274 e. The first-order chi connectivity index (χ1) is 7.88. The Bertz CT molecular complexity index is 533. The Morgan fingerprint density at radius 1 is 1.43 bits per heavy atom. The highest BCUT2D eigenvalue weighted by Gasteiger charge is 2.06. The predicted octanol–water partition coefficient (Wildman–Crippen LogP) is 2.99. The molecular weight excluding hydrogens is 247 g/mol. The molecule has 0 unspecified atom stereocenters. The second kappa shape index (κ2) is 3.53. The van der Waals surface area contributed by atoms with Crippen molar-refractivity contribution in [3.8, 4) is 11.3 Å². The number of halogens is 2. The third-order valence-corrected chi connectivity index (χ3v) is 2.37. The highest BCUT2D eigenvalue weighted by Crippen LogP contribution is 2.26. The number of nitrogens with zero attached hydrogens (tertiary/aromatic N) is 2. The maximum absolute atomic E-state index is 12.8. The minimum absolute atomic E-state index is 0.347. The van der Waals surface area contributed by atoms with Crippen LogP contribution >= 0.6 is 15.9 Å². The Morgan fingerprint density at radius 3 is 2.71 bits per heavy atom. The standard InChI is InChI=1S/C10H8BrFN2/c1-14-6-9(11)10(13-14)7-2-4-8(12)5-3-7/h2-6H,1H3/i1D3. The minimum atomic E-state index is -2.32. The molecule has 0 bridgehead atoms. The molecule has 1 aromatic carbocycles. The summed E-state index contributed by atoms with van der Waals surface area (Å²) in [7, 11) is 0. The summed E-state index contributed by atoms with van der Waals surface area (Å²) >= 11 is 3.24. The van der Waals surface area contributed by atoms with Crippen LogP contribution in [0.5, 0.6) is 0 Å². The van der Waals surface area contributed by atoms with Gasteiger partial charge in [0.2, 0.25) is 0 Å². The molecule has 0 fully saturated rings. The van der Waals surface area contributed by atoms with E-state index in [-0.39, 0.29) is 5.82 Å². The fourth-order valence-corrected chi connectivity index (χ4v) is 1.66. The number of hydrogen-bond donors (Lipinski definition) is 0. The molecule has 0 saturated heterocycles. The smallest absolute Gasteiger partial charge is 0.123 e. The van der Waals surface area contributed by atoms with Crippen molar-refractivity contribution in [2.45, 2.75) is 0 Å². The number of aromatic nitrogens is 2. The lowest BCUT2D eigenvalue weighted by molar-refractivity contribution is 0.628. The van der Waals surface area contributed by atoms with E-state index in [1.807, 2.05) is 0 Å². The third-order valence-electron chi connectivity index (χ3n) is 1.79. The van der Waals surface area contributed by atoms with Crippen molar-refractivity contribution in [3.63, 3.8) is 0 Å². The fraction of sp³-hybridized carbons (Fsp3) is 0.100. The van der Waals surface area contributed by atoms with Crippen LogP contribution < -0.4 is 0 Å². The molecule has 2 nitrogen and oxygen atoms in total. The lowest BCUT2D eigenvalue weighted by atomic mass is 10.1. The fourth-order valence-electron chi connectivity index (χ4n) is 1.16. The van der Waals surface area contributed by atoms with Gasteiger partial charge in [0.25, 0.3) is 0 Å². The van der Waals surface area contributed by atoms with Gasteiger partial charge in [0.1, 0.15) is 11.5 Å². The van der Waals surface area contributed by atoms with Crippen molar-refractivity contribution in [2.24, 2.45) is 6.98 Å². The molecule has 1 aromatic heterocycles. The van der Waals surface area contributed by atoms with Gasteiger partial charge in [-0.3, -0.25) is 4.68 Å². The minimum Gasteiger partial charge on any atom is -0.274 e. The molecule has 14 heavy (non-hydrogen) atoms. The van der Waals surface area contributed by atoms with Crippen molar-refractivity contribution in [2.75, 3.05) is 0 Å². The number of rotatable bonds is 1. The molecule has 1 heterocycles. The van der Waals surface area contributed by atoms with E-state index >= 15 is 0 Å². The molecule has 0 aliphatic carbocycles. The zero-order valence-electron chi connectivity index (χ0n) is 10.0. The van der Waals surface area contributed by atoms with Crippen LogP contribution in [0.2, 0.25) is 0 Å². The highest BCUT2D eigenvalue weighted by molar-refractivity contribution is 9.10. The van der Waals surface area contributed by atoms with Gasteiger partial charge in [-0.25, -0.2) is 4.39 Å². The molecule has 0 aliphatic heterocycles. The molecule has 0 spiro atoms. The Morgan fingerprint density at radius 2 is 2.14 bits per heavy atom. The molecule has 0 saturated carbocycles. The number of aryl methyl sites for hydroxylation is 1. The average Bonchev–Trinajstić information content (AvgIpc) is 2.61. The second-order valence-corrected chi connectivity index (χ2v) is 3.63. The Kier molecular flexibility index (Phi) is 1.60. The molecule has 2 aromatic rings. The van der Waals surface area contributed by atoms with Crippen LogP contribution in [-0.2, 0) is 6.98 Å². The van der Waals surface area contributed by atoms with E-state index in [4.69, 9.17) is 4.11 Å². The molecule has 0 amide bonds. The summed E-state index contributed by atoms with van der Waals surface area (Å²) in [5.41, 5.74) is 1.13. The Balaban J connectivity index is 2.46.